The Hall–Kier alpha value is -4.61. The number of rotatable bonds is 7. The first-order chi connectivity index (χ1) is 20.0. The van der Waals surface area contributed by atoms with E-state index in [1.54, 1.807) is 35.4 Å². The van der Waals surface area contributed by atoms with Crippen LogP contribution < -0.4 is 5.32 Å². The standard InChI is InChI=1S/C30H25ClN4O6S/c1-42(40,41)21-4-2-3-17(11-21)12-25(30(38)39)33-28(36)26-22-8-10-34-16-35(15-20(27(22)34)14-23(26)31)29(37)19-5-6-24-18(13-19)7-9-32-24/h2-11,13-14,25,32H,12,15-16H2,1H3,(H,33,36)(H,38,39). The second-order valence-corrected chi connectivity index (χ2v) is 12.8. The number of aromatic amines is 1. The maximum Gasteiger partial charge on any atom is 0.326 e. The summed E-state index contributed by atoms with van der Waals surface area (Å²) in [7, 11) is -3.49. The molecule has 1 unspecified atom stereocenters. The van der Waals surface area contributed by atoms with Crippen LogP contribution in [0.25, 0.3) is 21.8 Å². The number of hydrogen-bond acceptors (Lipinski definition) is 5. The van der Waals surface area contributed by atoms with Gasteiger partial charge in [-0.2, -0.15) is 0 Å². The van der Waals surface area contributed by atoms with Crippen LogP contribution >= 0.6 is 11.6 Å². The van der Waals surface area contributed by atoms with Crippen molar-refractivity contribution in [3.8, 4) is 0 Å². The van der Waals surface area contributed by atoms with Crippen molar-refractivity contribution in [2.24, 2.45) is 0 Å². The monoisotopic (exact) mass is 604 g/mol. The largest absolute Gasteiger partial charge is 0.480 e. The van der Waals surface area contributed by atoms with Crippen molar-refractivity contribution >= 4 is 61.0 Å². The van der Waals surface area contributed by atoms with E-state index in [1.807, 2.05) is 29.0 Å². The first-order valence-electron chi connectivity index (χ1n) is 13.0. The van der Waals surface area contributed by atoms with E-state index in [0.717, 1.165) is 28.2 Å². The second-order valence-electron chi connectivity index (χ2n) is 10.4. The maximum absolute atomic E-state index is 13.4. The summed E-state index contributed by atoms with van der Waals surface area (Å²) in [5.41, 5.74) is 3.56. The van der Waals surface area contributed by atoms with Crippen molar-refractivity contribution in [1.82, 2.24) is 19.8 Å². The Balaban J connectivity index is 1.26. The number of H-pyrrole nitrogens is 1. The average Bonchev–Trinajstić information content (AvgIpc) is 3.59. The second kappa shape index (κ2) is 10.3. The third-order valence-electron chi connectivity index (χ3n) is 7.45. The van der Waals surface area contributed by atoms with Gasteiger partial charge in [0.2, 0.25) is 0 Å². The van der Waals surface area contributed by atoms with Crippen LogP contribution in [0.2, 0.25) is 5.02 Å². The zero-order chi connectivity index (χ0) is 29.8. The molecular weight excluding hydrogens is 580 g/mol. The van der Waals surface area contributed by atoms with Gasteiger partial charge in [0.25, 0.3) is 11.8 Å². The predicted octanol–water partition coefficient (Wildman–Crippen LogP) is 4.22. The van der Waals surface area contributed by atoms with E-state index >= 15 is 0 Å². The fourth-order valence-electron chi connectivity index (χ4n) is 5.44. The molecule has 0 radical (unpaired) electrons. The van der Waals surface area contributed by atoms with Gasteiger partial charge in [0.15, 0.2) is 9.84 Å². The van der Waals surface area contributed by atoms with E-state index in [4.69, 9.17) is 11.6 Å². The van der Waals surface area contributed by atoms with Crippen LogP contribution in [0.4, 0.5) is 0 Å². The van der Waals surface area contributed by atoms with E-state index in [1.165, 1.54) is 18.2 Å². The van der Waals surface area contributed by atoms with Gasteiger partial charge in [-0.05, 0) is 59.7 Å². The van der Waals surface area contributed by atoms with E-state index in [9.17, 15) is 27.9 Å². The van der Waals surface area contributed by atoms with Gasteiger partial charge in [-0.1, -0.05) is 23.7 Å². The molecule has 2 aromatic heterocycles. The zero-order valence-electron chi connectivity index (χ0n) is 22.3. The molecule has 1 aliphatic rings. The molecule has 1 atom stereocenters. The number of carboxylic acids is 1. The quantitative estimate of drug-likeness (QED) is 0.254. The molecular formula is C30H25ClN4O6S. The highest BCUT2D eigenvalue weighted by atomic mass is 35.5. The van der Waals surface area contributed by atoms with Crippen LogP contribution in [0.1, 0.15) is 31.8 Å². The van der Waals surface area contributed by atoms with Gasteiger partial charge in [-0.25, -0.2) is 13.2 Å². The van der Waals surface area contributed by atoms with Crippen LogP contribution in [0.5, 0.6) is 0 Å². The summed E-state index contributed by atoms with van der Waals surface area (Å²) in [5.74, 6) is -2.09. The molecule has 3 aromatic carbocycles. The number of carboxylic acid groups (broad SMARTS) is 1. The molecule has 5 aromatic rings. The summed E-state index contributed by atoms with van der Waals surface area (Å²) in [6.45, 7) is 0.540. The molecule has 6 rings (SSSR count). The number of fused-ring (bicyclic) bond motifs is 1. The molecule has 1 aliphatic heterocycles. The van der Waals surface area contributed by atoms with Crippen LogP contribution in [0, 0.1) is 0 Å². The molecule has 0 spiro atoms. The summed E-state index contributed by atoms with van der Waals surface area (Å²) in [6.07, 6.45) is 4.52. The molecule has 0 fully saturated rings. The van der Waals surface area contributed by atoms with Gasteiger partial charge in [-0.15, -0.1) is 0 Å². The fraction of sp³-hybridized carbons (Fsp3) is 0.167. The predicted molar refractivity (Wildman–Crippen MR) is 157 cm³/mol. The molecule has 3 heterocycles. The molecule has 42 heavy (non-hydrogen) atoms. The fourth-order valence-corrected chi connectivity index (χ4v) is 6.45. The Kier molecular flexibility index (Phi) is 6.78. The lowest BCUT2D eigenvalue weighted by Gasteiger charge is -2.29. The number of amides is 2. The minimum absolute atomic E-state index is 0.0594. The number of halogens is 1. The van der Waals surface area contributed by atoms with Crippen LogP contribution in [0.3, 0.4) is 0 Å². The molecule has 0 bridgehead atoms. The average molecular weight is 605 g/mol. The van der Waals surface area contributed by atoms with E-state index in [-0.39, 0.29) is 41.0 Å². The van der Waals surface area contributed by atoms with E-state index in [2.05, 4.69) is 10.3 Å². The molecule has 0 aliphatic carbocycles. The van der Waals surface area contributed by atoms with E-state index < -0.39 is 27.8 Å². The summed E-state index contributed by atoms with van der Waals surface area (Å²) >= 11 is 6.62. The van der Waals surface area contributed by atoms with Gasteiger partial charge in [0, 0.05) is 53.5 Å². The highest BCUT2D eigenvalue weighted by molar-refractivity contribution is 7.90. The van der Waals surface area contributed by atoms with Crippen molar-refractivity contribution in [2.45, 2.75) is 30.6 Å². The maximum atomic E-state index is 13.4. The lowest BCUT2D eigenvalue weighted by molar-refractivity contribution is -0.139. The first kappa shape index (κ1) is 27.6. The number of benzene rings is 3. The summed E-state index contributed by atoms with van der Waals surface area (Å²) in [5, 5.41) is 14.0. The number of nitrogens with zero attached hydrogens (tertiary/aromatic N) is 2. The van der Waals surface area contributed by atoms with Crippen molar-refractivity contribution in [3.05, 3.63) is 100 Å². The first-order valence-corrected chi connectivity index (χ1v) is 15.3. The summed E-state index contributed by atoms with van der Waals surface area (Å²) < 4.78 is 25.7. The third kappa shape index (κ3) is 5.01. The Morgan fingerprint density at radius 2 is 1.90 bits per heavy atom. The Labute approximate surface area is 245 Å². The molecule has 0 saturated heterocycles. The normalized spacial score (nSPS) is 13.8. The Morgan fingerprint density at radius 1 is 1.10 bits per heavy atom. The van der Waals surface area contributed by atoms with Crippen molar-refractivity contribution in [3.63, 3.8) is 0 Å². The van der Waals surface area contributed by atoms with Gasteiger partial charge < -0.3 is 24.9 Å². The SMILES string of the molecule is CS(=O)(=O)c1cccc(CC(NC(=O)c2c(Cl)cc3c4c2ccn4CN(C(=O)c2ccc4[nH]ccc4c2)C3)C(=O)O)c1. The molecule has 10 nitrogen and oxygen atoms in total. The molecule has 0 saturated carbocycles. The van der Waals surface area contributed by atoms with Gasteiger partial charge >= 0.3 is 5.97 Å². The molecule has 12 heteroatoms. The van der Waals surface area contributed by atoms with Crippen molar-refractivity contribution in [2.75, 3.05) is 6.26 Å². The number of nitrogens with one attached hydrogen (secondary N) is 2. The van der Waals surface area contributed by atoms with Crippen LogP contribution in [-0.4, -0.2) is 58.1 Å². The number of sulfone groups is 1. The number of carbonyl (C=O) groups is 3. The molecule has 214 valence electrons. The van der Waals surface area contributed by atoms with Crippen LogP contribution in [0.15, 0.2) is 78.0 Å². The third-order valence-corrected chi connectivity index (χ3v) is 8.85. The number of aliphatic carboxylic acids is 1. The van der Waals surface area contributed by atoms with Gasteiger partial charge in [-0.3, -0.25) is 9.59 Å². The highest BCUT2D eigenvalue weighted by Crippen LogP contribution is 2.34. The number of hydrogen-bond donors (Lipinski definition) is 3. The number of aromatic nitrogens is 2. The summed E-state index contributed by atoms with van der Waals surface area (Å²) in [6, 6.07) is 15.4. The minimum Gasteiger partial charge on any atom is -0.480 e. The highest BCUT2D eigenvalue weighted by Gasteiger charge is 2.29. The topological polar surface area (TPSA) is 142 Å². The smallest absolute Gasteiger partial charge is 0.326 e. The van der Waals surface area contributed by atoms with Crippen molar-refractivity contribution in [1.29, 1.82) is 0 Å². The number of carbonyl (C=O) groups excluding carboxylic acids is 2. The summed E-state index contributed by atoms with van der Waals surface area (Å²) in [4.78, 5) is 43.8. The van der Waals surface area contributed by atoms with Gasteiger partial charge in [0.1, 0.15) is 6.04 Å². The molecule has 2 amide bonds. The Bertz CT molecular complexity index is 2030. The van der Waals surface area contributed by atoms with E-state index in [0.29, 0.717) is 16.5 Å². The zero-order valence-corrected chi connectivity index (χ0v) is 23.9. The lowest BCUT2D eigenvalue weighted by Crippen LogP contribution is -2.42. The van der Waals surface area contributed by atoms with Crippen LogP contribution in [-0.2, 0) is 34.3 Å². The Morgan fingerprint density at radius 3 is 2.67 bits per heavy atom. The molecule has 3 N–H and O–H groups in total. The minimum atomic E-state index is -3.49. The van der Waals surface area contributed by atoms with Crippen molar-refractivity contribution < 1.29 is 27.9 Å². The lowest BCUT2D eigenvalue weighted by atomic mass is 10.0. The van der Waals surface area contributed by atoms with Gasteiger partial charge in [0.05, 0.1) is 27.7 Å².